The lowest BCUT2D eigenvalue weighted by Gasteiger charge is -2.36. The average molecular weight is 732 g/mol. The maximum absolute atomic E-state index is 15.8. The third-order valence-electron chi connectivity index (χ3n) is 9.94. The molecule has 2 aromatic heterocycles. The molecule has 1 unspecified atom stereocenters. The summed E-state index contributed by atoms with van der Waals surface area (Å²) in [4.78, 5) is 57.4. The fourth-order valence-corrected chi connectivity index (χ4v) is 6.92. The van der Waals surface area contributed by atoms with Gasteiger partial charge in [-0.05, 0) is 67.9 Å². The lowest BCUT2D eigenvalue weighted by Crippen LogP contribution is -2.55. The third kappa shape index (κ3) is 8.92. The van der Waals surface area contributed by atoms with Crippen molar-refractivity contribution < 1.29 is 32.3 Å². The van der Waals surface area contributed by atoms with Gasteiger partial charge in [-0.1, -0.05) is 37.2 Å². The predicted octanol–water partition coefficient (Wildman–Crippen LogP) is 3.61. The van der Waals surface area contributed by atoms with E-state index in [9.17, 15) is 19.2 Å². The number of anilines is 1. The highest BCUT2D eigenvalue weighted by Gasteiger charge is 2.45. The molecule has 3 atom stereocenters. The standard InChI is InChI=1S/C34H44F3N9O4S/c1-5-46-19-24(17-39-46)34(36,37)33(50)42-29(22-8-6-20(2)7-9-22)31(48)40-26-11-10-23(16-25(26)35)21(3)28(41-30(47)27-18-38-43-51-27)32(49)45-14-12-44(4)13-15-45/h10-11,16-22,28-29H,5-9,12-15H2,1-4H3,(H,40,48)(H,41,47)(H,42,50)/t20?,21-,22?,28+,29?/m0/s1. The summed E-state index contributed by atoms with van der Waals surface area (Å²) in [6, 6.07) is 1.62. The Morgan fingerprint density at radius 2 is 1.75 bits per heavy atom. The minimum absolute atomic E-state index is 0.213. The second-order valence-electron chi connectivity index (χ2n) is 13.5. The number of aryl methyl sites for hydroxylation is 1. The van der Waals surface area contributed by atoms with Gasteiger partial charge >= 0.3 is 5.92 Å². The number of piperazine rings is 1. The van der Waals surface area contributed by atoms with Gasteiger partial charge in [0.1, 0.15) is 22.8 Å². The second kappa shape index (κ2) is 16.3. The van der Waals surface area contributed by atoms with Crippen molar-refractivity contribution in [1.82, 2.24) is 39.8 Å². The lowest BCUT2D eigenvalue weighted by atomic mass is 9.79. The molecule has 3 heterocycles. The molecule has 1 aliphatic heterocycles. The molecular weight excluding hydrogens is 687 g/mol. The van der Waals surface area contributed by atoms with E-state index in [1.165, 1.54) is 29.1 Å². The van der Waals surface area contributed by atoms with Gasteiger partial charge in [-0.3, -0.25) is 23.9 Å². The van der Waals surface area contributed by atoms with E-state index in [0.717, 1.165) is 36.8 Å². The smallest absolute Gasteiger partial charge is 0.339 e. The van der Waals surface area contributed by atoms with Crippen molar-refractivity contribution in [2.75, 3.05) is 38.5 Å². The molecule has 3 N–H and O–H groups in total. The van der Waals surface area contributed by atoms with Crippen molar-refractivity contribution in [1.29, 1.82) is 0 Å². The van der Waals surface area contributed by atoms with E-state index in [1.807, 2.05) is 7.05 Å². The number of benzene rings is 1. The van der Waals surface area contributed by atoms with E-state index in [1.54, 1.807) is 18.7 Å². The van der Waals surface area contributed by atoms with Crippen LogP contribution in [0, 0.1) is 17.7 Å². The number of nitrogens with one attached hydrogen (secondary N) is 3. The Labute approximate surface area is 298 Å². The number of halogens is 3. The first-order valence-electron chi connectivity index (χ1n) is 17.2. The van der Waals surface area contributed by atoms with Crippen molar-refractivity contribution in [3.05, 3.63) is 58.6 Å². The van der Waals surface area contributed by atoms with Crippen molar-refractivity contribution in [2.45, 2.75) is 76.9 Å². The SMILES string of the molecule is CCn1cc(C(F)(F)C(=O)NC(C(=O)Nc2ccc([C@H](C)[C@@H](NC(=O)c3cnns3)C(=O)N3CCN(C)CC3)cc2F)C2CCC(C)CC2)cn1. The van der Waals surface area contributed by atoms with E-state index >= 15 is 13.2 Å². The van der Waals surface area contributed by atoms with E-state index in [2.05, 4.69) is 42.5 Å². The minimum Gasteiger partial charge on any atom is -0.339 e. The molecule has 0 bridgehead atoms. The molecule has 13 nitrogen and oxygen atoms in total. The van der Waals surface area contributed by atoms with Gasteiger partial charge in [0.2, 0.25) is 11.8 Å². The first-order valence-corrected chi connectivity index (χ1v) is 17.9. The fraction of sp³-hybridized carbons (Fsp3) is 0.559. The highest BCUT2D eigenvalue weighted by molar-refractivity contribution is 7.07. The molecular formula is C34H44F3N9O4S. The van der Waals surface area contributed by atoms with E-state index in [0.29, 0.717) is 57.0 Å². The molecule has 1 saturated carbocycles. The van der Waals surface area contributed by atoms with Crippen LogP contribution in [0.4, 0.5) is 18.9 Å². The zero-order chi connectivity index (χ0) is 36.9. The van der Waals surface area contributed by atoms with Gasteiger partial charge < -0.3 is 25.8 Å². The van der Waals surface area contributed by atoms with E-state index in [4.69, 9.17) is 0 Å². The Kier molecular flexibility index (Phi) is 12.1. The van der Waals surface area contributed by atoms with Crippen molar-refractivity contribution in [2.24, 2.45) is 11.8 Å². The van der Waals surface area contributed by atoms with E-state index in [-0.39, 0.29) is 16.5 Å². The normalized spacial score (nSPS) is 20.3. The van der Waals surface area contributed by atoms with Crippen molar-refractivity contribution in [3.63, 3.8) is 0 Å². The molecule has 1 aromatic carbocycles. The molecule has 0 radical (unpaired) electrons. The monoisotopic (exact) mass is 731 g/mol. The Morgan fingerprint density at radius 3 is 2.35 bits per heavy atom. The first kappa shape index (κ1) is 37.9. The molecule has 2 aliphatic rings. The zero-order valence-electron chi connectivity index (χ0n) is 29.1. The Bertz CT molecular complexity index is 1690. The molecule has 17 heteroatoms. The van der Waals surface area contributed by atoms with Gasteiger partial charge in [0.25, 0.3) is 11.8 Å². The molecule has 276 valence electrons. The predicted molar refractivity (Wildman–Crippen MR) is 184 cm³/mol. The molecule has 1 saturated heterocycles. The molecule has 1 aliphatic carbocycles. The van der Waals surface area contributed by atoms with E-state index < -0.39 is 58.9 Å². The molecule has 5 rings (SSSR count). The number of aromatic nitrogens is 4. The Balaban J connectivity index is 1.34. The number of rotatable bonds is 12. The summed E-state index contributed by atoms with van der Waals surface area (Å²) in [5, 5.41) is 15.1. The summed E-state index contributed by atoms with van der Waals surface area (Å²) in [6.07, 6.45) is 5.82. The Morgan fingerprint density at radius 1 is 1.04 bits per heavy atom. The van der Waals surface area contributed by atoms with Crippen LogP contribution in [-0.2, 0) is 26.9 Å². The first-order chi connectivity index (χ1) is 24.3. The van der Waals surface area contributed by atoms with Gasteiger partial charge in [0.15, 0.2) is 0 Å². The quantitative estimate of drug-likeness (QED) is 0.256. The summed E-state index contributed by atoms with van der Waals surface area (Å²) in [5.41, 5.74) is -0.450. The van der Waals surface area contributed by atoms with Gasteiger partial charge in [0.05, 0.1) is 23.6 Å². The number of amides is 4. The summed E-state index contributed by atoms with van der Waals surface area (Å²) >= 11 is 0.880. The topological polar surface area (TPSA) is 154 Å². The number of nitrogens with zero attached hydrogens (tertiary/aromatic N) is 6. The molecule has 3 aromatic rings. The average Bonchev–Trinajstić information content (AvgIpc) is 3.84. The number of carbonyl (C=O) groups is 4. The third-order valence-corrected chi connectivity index (χ3v) is 10.6. The summed E-state index contributed by atoms with van der Waals surface area (Å²) < 4.78 is 51.3. The molecule has 4 amide bonds. The van der Waals surface area contributed by atoms with Crippen molar-refractivity contribution >= 4 is 40.8 Å². The summed E-state index contributed by atoms with van der Waals surface area (Å²) in [6.45, 7) is 8.04. The number of likely N-dealkylation sites (N-methyl/N-ethyl adjacent to an activating group) is 1. The molecule has 0 spiro atoms. The van der Waals surface area contributed by atoms with Crippen LogP contribution in [0.15, 0.2) is 36.8 Å². The number of alkyl halides is 2. The van der Waals surface area contributed by atoms with Crippen LogP contribution in [-0.4, -0.2) is 98.1 Å². The lowest BCUT2D eigenvalue weighted by molar-refractivity contribution is -0.149. The van der Waals surface area contributed by atoms with Crippen LogP contribution in [0.25, 0.3) is 0 Å². The van der Waals surface area contributed by atoms with Crippen LogP contribution < -0.4 is 16.0 Å². The number of hydrogen-bond acceptors (Lipinski definition) is 9. The van der Waals surface area contributed by atoms with Crippen LogP contribution >= 0.6 is 11.5 Å². The Hall–Kier alpha value is -4.38. The van der Waals surface area contributed by atoms with Crippen LogP contribution in [0.1, 0.15) is 73.2 Å². The van der Waals surface area contributed by atoms with Gasteiger partial charge in [-0.25, -0.2) is 4.39 Å². The highest BCUT2D eigenvalue weighted by atomic mass is 32.1. The van der Waals surface area contributed by atoms with Gasteiger partial charge in [-0.2, -0.15) is 13.9 Å². The molecule has 51 heavy (non-hydrogen) atoms. The molecule has 2 fully saturated rings. The van der Waals surface area contributed by atoms with Gasteiger partial charge in [-0.15, -0.1) is 5.10 Å². The maximum atomic E-state index is 15.8. The largest absolute Gasteiger partial charge is 0.352 e. The summed E-state index contributed by atoms with van der Waals surface area (Å²) in [5.74, 6) is -8.88. The van der Waals surface area contributed by atoms with Crippen LogP contribution in [0.5, 0.6) is 0 Å². The number of carbonyl (C=O) groups excluding carboxylic acids is 4. The maximum Gasteiger partial charge on any atom is 0.352 e. The number of hydrogen-bond donors (Lipinski definition) is 3. The summed E-state index contributed by atoms with van der Waals surface area (Å²) in [7, 11) is 1.95. The highest BCUT2D eigenvalue weighted by Crippen LogP contribution is 2.34. The minimum atomic E-state index is -3.96. The van der Waals surface area contributed by atoms with Crippen LogP contribution in [0.2, 0.25) is 0 Å². The van der Waals surface area contributed by atoms with Crippen molar-refractivity contribution in [3.8, 4) is 0 Å². The van der Waals surface area contributed by atoms with Gasteiger partial charge in [0, 0.05) is 44.8 Å². The second-order valence-corrected chi connectivity index (χ2v) is 14.3. The fourth-order valence-electron chi connectivity index (χ4n) is 6.50. The van der Waals surface area contributed by atoms with Crippen LogP contribution in [0.3, 0.4) is 0 Å². The zero-order valence-corrected chi connectivity index (χ0v) is 29.9.